The van der Waals surface area contributed by atoms with E-state index < -0.39 is 11.2 Å². The summed E-state index contributed by atoms with van der Waals surface area (Å²) in [5.74, 6) is 1.35. The van der Waals surface area contributed by atoms with E-state index in [-0.39, 0.29) is 35.8 Å². The number of hydrogen-bond acceptors (Lipinski definition) is 15. The SMILES string of the molecule is CC(C)(C)OC(=O)N1CCCN(C(=O)C2CCOCC2)CC1.CC(C)(C)OC(=O)N1CCCNCC1.Cc1ccc2nc(N3CCCN(C(=O)C4CCOCC4)CC3)sc2c1.O=C(C1CCOCC1)N1CCCNCC1. The van der Waals surface area contributed by atoms with Crippen LogP contribution >= 0.6 is 11.3 Å². The van der Waals surface area contributed by atoms with Crippen molar-refractivity contribution in [3.8, 4) is 0 Å². The fourth-order valence-electron chi connectivity index (χ4n) is 10.2. The van der Waals surface area contributed by atoms with Crippen LogP contribution in [0.5, 0.6) is 0 Å². The first-order valence-corrected chi connectivity index (χ1v) is 29.3. The van der Waals surface area contributed by atoms with Gasteiger partial charge in [-0.15, -0.1) is 0 Å². The Balaban J connectivity index is 0.000000169. The van der Waals surface area contributed by atoms with Crippen molar-refractivity contribution in [3.63, 3.8) is 0 Å². The lowest BCUT2D eigenvalue weighted by molar-refractivity contribution is -0.139. The number of carbonyl (C=O) groups is 5. The summed E-state index contributed by atoms with van der Waals surface area (Å²) in [6.07, 6.45) is 8.58. The van der Waals surface area contributed by atoms with Crippen molar-refractivity contribution in [1.29, 1.82) is 0 Å². The van der Waals surface area contributed by atoms with Crippen LogP contribution in [0.15, 0.2) is 18.2 Å². The molecule has 7 aliphatic heterocycles. The molecule has 1 aromatic carbocycles. The molecule has 76 heavy (non-hydrogen) atoms. The number of rotatable bonds is 4. The molecule has 19 nitrogen and oxygen atoms in total. The number of aryl methyl sites for hydroxylation is 1. The molecule has 7 aliphatic rings. The van der Waals surface area contributed by atoms with Crippen LogP contribution in [-0.4, -0.2) is 215 Å². The van der Waals surface area contributed by atoms with E-state index in [0.29, 0.717) is 44.7 Å². The Kier molecular flexibility index (Phi) is 24.6. The van der Waals surface area contributed by atoms with E-state index in [1.54, 1.807) is 21.1 Å². The summed E-state index contributed by atoms with van der Waals surface area (Å²) in [6.45, 7) is 30.8. The normalized spacial score (nSPS) is 21.2. The van der Waals surface area contributed by atoms with Gasteiger partial charge in [0.2, 0.25) is 17.7 Å². The van der Waals surface area contributed by atoms with Gasteiger partial charge in [0.05, 0.1) is 10.2 Å². The van der Waals surface area contributed by atoms with E-state index in [1.807, 2.05) is 51.3 Å². The molecule has 2 N–H and O–H groups in total. The average Bonchev–Trinajstić information content (AvgIpc) is 3.85. The molecule has 428 valence electrons. The summed E-state index contributed by atoms with van der Waals surface area (Å²) < 4.78 is 27.9. The first-order chi connectivity index (χ1) is 36.4. The lowest BCUT2D eigenvalue weighted by Crippen LogP contribution is -2.42. The minimum atomic E-state index is -0.485. The molecular weight excluding hydrogens is 991 g/mol. The molecule has 8 heterocycles. The molecule has 0 radical (unpaired) electrons. The number of ether oxygens (including phenoxy) is 5. The summed E-state index contributed by atoms with van der Waals surface area (Å²) in [4.78, 5) is 77.9. The van der Waals surface area contributed by atoms with E-state index in [1.165, 1.54) is 10.3 Å². The van der Waals surface area contributed by atoms with Crippen LogP contribution in [0.25, 0.3) is 10.2 Å². The molecular formula is C56H93N9O10S. The lowest BCUT2D eigenvalue weighted by Gasteiger charge is -2.29. The van der Waals surface area contributed by atoms with Gasteiger partial charge in [-0.05, 0) is 143 Å². The number of nitrogens with one attached hydrogen (secondary N) is 2. The molecule has 7 fully saturated rings. The highest BCUT2D eigenvalue weighted by Crippen LogP contribution is 2.31. The summed E-state index contributed by atoms with van der Waals surface area (Å²) in [5.41, 5.74) is 1.47. The Morgan fingerprint density at radius 3 is 1.41 bits per heavy atom. The highest BCUT2D eigenvalue weighted by atomic mass is 32.1. The van der Waals surface area contributed by atoms with Crippen LogP contribution in [0.2, 0.25) is 0 Å². The number of nitrogens with zero attached hydrogens (tertiary/aromatic N) is 7. The zero-order chi connectivity index (χ0) is 54.5. The third-order valence-corrected chi connectivity index (χ3v) is 15.5. The van der Waals surface area contributed by atoms with Gasteiger partial charge >= 0.3 is 12.2 Å². The van der Waals surface area contributed by atoms with Crippen molar-refractivity contribution >= 4 is 56.6 Å². The molecule has 9 rings (SSSR count). The number of fused-ring (bicyclic) bond motifs is 1. The molecule has 0 unspecified atom stereocenters. The molecule has 0 aliphatic carbocycles. The zero-order valence-electron chi connectivity index (χ0n) is 47.2. The molecule has 0 spiro atoms. The summed E-state index contributed by atoms with van der Waals surface area (Å²) in [7, 11) is 0. The molecule has 2 aromatic rings. The van der Waals surface area contributed by atoms with E-state index >= 15 is 0 Å². The molecule has 0 saturated carbocycles. The highest BCUT2D eigenvalue weighted by Gasteiger charge is 2.32. The molecule has 1 aromatic heterocycles. The predicted molar refractivity (Wildman–Crippen MR) is 297 cm³/mol. The van der Waals surface area contributed by atoms with Crippen molar-refractivity contribution in [1.82, 2.24) is 40.1 Å². The van der Waals surface area contributed by atoms with Crippen LogP contribution in [0.1, 0.15) is 111 Å². The van der Waals surface area contributed by atoms with Crippen molar-refractivity contribution in [2.75, 3.05) is 149 Å². The van der Waals surface area contributed by atoms with Crippen molar-refractivity contribution in [2.45, 2.75) is 124 Å². The van der Waals surface area contributed by atoms with Crippen molar-refractivity contribution in [3.05, 3.63) is 23.8 Å². The smallest absolute Gasteiger partial charge is 0.410 e. The first kappa shape index (κ1) is 60.9. The van der Waals surface area contributed by atoms with Crippen LogP contribution in [0.3, 0.4) is 0 Å². The maximum Gasteiger partial charge on any atom is 0.410 e. The molecule has 0 bridgehead atoms. The fourth-order valence-corrected chi connectivity index (χ4v) is 11.3. The van der Waals surface area contributed by atoms with Gasteiger partial charge in [-0.3, -0.25) is 14.4 Å². The molecule has 7 saturated heterocycles. The van der Waals surface area contributed by atoms with Gasteiger partial charge in [0, 0.05) is 149 Å². The number of benzene rings is 1. The summed E-state index contributed by atoms with van der Waals surface area (Å²) in [5, 5.41) is 7.65. The Hall–Kier alpha value is -4.34. The van der Waals surface area contributed by atoms with Gasteiger partial charge in [0.25, 0.3) is 0 Å². The Morgan fingerprint density at radius 2 is 0.908 bits per heavy atom. The van der Waals surface area contributed by atoms with E-state index in [9.17, 15) is 24.0 Å². The molecule has 0 atom stereocenters. The van der Waals surface area contributed by atoms with Crippen LogP contribution in [0, 0.1) is 24.7 Å². The predicted octanol–water partition coefficient (Wildman–Crippen LogP) is 6.40. The van der Waals surface area contributed by atoms with Gasteiger partial charge in [-0.25, -0.2) is 14.6 Å². The number of thiazole rings is 1. The van der Waals surface area contributed by atoms with Gasteiger partial charge in [-0.1, -0.05) is 17.4 Å². The highest BCUT2D eigenvalue weighted by molar-refractivity contribution is 7.22. The van der Waals surface area contributed by atoms with Gasteiger partial charge in [0.1, 0.15) is 11.2 Å². The van der Waals surface area contributed by atoms with Crippen LogP contribution < -0.4 is 15.5 Å². The minimum Gasteiger partial charge on any atom is -0.444 e. The van der Waals surface area contributed by atoms with Crippen LogP contribution in [-0.2, 0) is 38.1 Å². The van der Waals surface area contributed by atoms with Crippen molar-refractivity contribution < 1.29 is 47.7 Å². The quantitative estimate of drug-likeness (QED) is 0.342. The number of carbonyl (C=O) groups excluding carboxylic acids is 5. The Labute approximate surface area is 457 Å². The van der Waals surface area contributed by atoms with Gasteiger partial charge in [-0.2, -0.15) is 0 Å². The third kappa shape index (κ3) is 20.5. The van der Waals surface area contributed by atoms with E-state index in [0.717, 1.165) is 186 Å². The molecule has 5 amide bonds. The Morgan fingerprint density at radius 1 is 0.513 bits per heavy atom. The number of anilines is 1. The minimum absolute atomic E-state index is 0.0850. The number of amides is 5. The monoisotopic (exact) mass is 1080 g/mol. The maximum absolute atomic E-state index is 12.8. The zero-order valence-corrected chi connectivity index (χ0v) is 48.0. The summed E-state index contributed by atoms with van der Waals surface area (Å²) in [6, 6.07) is 6.42. The fraction of sp³-hybridized carbons (Fsp3) is 0.786. The second-order valence-electron chi connectivity index (χ2n) is 22.9. The summed E-state index contributed by atoms with van der Waals surface area (Å²) >= 11 is 1.76. The van der Waals surface area contributed by atoms with E-state index in [2.05, 4.69) is 45.6 Å². The van der Waals surface area contributed by atoms with Crippen LogP contribution in [0.4, 0.5) is 14.7 Å². The standard InChI is InChI=1S/C19H25N3O2S.C16H28N2O4.C11H20N2O2.C10H20N2O2/c1-14-3-4-16-17(13-14)25-19(20-16)22-8-2-7-21(9-10-22)18(23)15-5-11-24-12-6-15;1-16(2,3)22-15(20)18-8-4-7-17(9-10-18)14(19)13-5-11-21-12-6-13;14-11(10-2-8-15-9-3-10)13-6-1-4-12-5-7-13;1-10(2,3)14-9(13)12-7-4-5-11-6-8-12/h3-4,13,15H,2,5-12H2,1H3;13H,4-12H2,1-3H3;10,12H,1-9H2;11H,4-8H2,1-3H3. The lowest BCUT2D eigenvalue weighted by atomic mass is 9.98. The second-order valence-corrected chi connectivity index (χ2v) is 23.9. The van der Waals surface area contributed by atoms with Crippen molar-refractivity contribution in [2.24, 2.45) is 17.8 Å². The van der Waals surface area contributed by atoms with Gasteiger partial charge in [0.15, 0.2) is 5.13 Å². The average molecular weight is 1080 g/mol. The Bertz CT molecular complexity index is 2100. The number of aromatic nitrogens is 1. The number of hydrogen-bond donors (Lipinski definition) is 2. The first-order valence-electron chi connectivity index (χ1n) is 28.5. The molecule has 20 heteroatoms. The van der Waals surface area contributed by atoms with Gasteiger partial charge < -0.3 is 63.7 Å². The topological polar surface area (TPSA) is 188 Å². The largest absolute Gasteiger partial charge is 0.444 e. The van der Waals surface area contributed by atoms with E-state index in [4.69, 9.17) is 28.7 Å². The third-order valence-electron chi connectivity index (χ3n) is 14.4. The maximum atomic E-state index is 12.8. The second kappa shape index (κ2) is 30.7.